The van der Waals surface area contributed by atoms with E-state index in [0.717, 1.165) is 18.0 Å². The predicted molar refractivity (Wildman–Crippen MR) is 72.8 cm³/mol. The van der Waals surface area contributed by atoms with Crippen LogP contribution in [-0.4, -0.2) is 26.7 Å². The van der Waals surface area contributed by atoms with Gasteiger partial charge in [-0.3, -0.25) is 0 Å². The van der Waals surface area contributed by atoms with Gasteiger partial charge in [-0.05, 0) is 30.5 Å². The summed E-state index contributed by atoms with van der Waals surface area (Å²) in [4.78, 5) is 13.7. The van der Waals surface area contributed by atoms with E-state index in [9.17, 15) is 4.79 Å². The Morgan fingerprint density at radius 1 is 1.44 bits per heavy atom. The van der Waals surface area contributed by atoms with Gasteiger partial charge in [-0.2, -0.15) is 0 Å². The van der Waals surface area contributed by atoms with Crippen molar-refractivity contribution in [3.05, 3.63) is 23.8 Å². The van der Waals surface area contributed by atoms with Crippen molar-refractivity contribution < 1.29 is 9.53 Å². The van der Waals surface area contributed by atoms with Gasteiger partial charge in [0, 0.05) is 14.1 Å². The summed E-state index contributed by atoms with van der Waals surface area (Å²) >= 11 is 0. The second-order valence-electron chi connectivity index (χ2n) is 5.04. The number of carbonyl (C=O) groups excluding carboxylic acids is 1. The van der Waals surface area contributed by atoms with Crippen LogP contribution in [0.25, 0.3) is 0 Å². The molecule has 4 heteroatoms. The highest BCUT2D eigenvalue weighted by Gasteiger charge is 2.21. The fraction of sp³-hybridized carbons (Fsp3) is 0.500. The zero-order valence-corrected chi connectivity index (χ0v) is 11.0. The molecule has 0 atom stereocenters. The van der Waals surface area contributed by atoms with Crippen LogP contribution >= 0.6 is 0 Å². The van der Waals surface area contributed by atoms with Crippen molar-refractivity contribution >= 4 is 17.3 Å². The molecule has 2 rings (SSSR count). The smallest absolute Gasteiger partial charge is 0.338 e. The number of esters is 1. The third-order valence-electron chi connectivity index (χ3n) is 3.20. The molecule has 1 fully saturated rings. The van der Waals surface area contributed by atoms with Gasteiger partial charge in [-0.25, -0.2) is 4.79 Å². The Hall–Kier alpha value is -1.71. The molecule has 4 nitrogen and oxygen atoms in total. The molecular formula is C14H20N2O2. The highest BCUT2D eigenvalue weighted by Crippen LogP contribution is 2.32. The van der Waals surface area contributed by atoms with Crippen LogP contribution < -0.4 is 10.6 Å². The van der Waals surface area contributed by atoms with E-state index in [-0.39, 0.29) is 5.97 Å². The number of ether oxygens (including phenoxy) is 1. The molecule has 1 aliphatic rings. The van der Waals surface area contributed by atoms with E-state index in [1.807, 2.05) is 25.1 Å². The van der Waals surface area contributed by atoms with Gasteiger partial charge >= 0.3 is 5.97 Å². The second-order valence-corrected chi connectivity index (χ2v) is 5.04. The maximum absolute atomic E-state index is 11.8. The Labute approximate surface area is 108 Å². The number of hydrogen-bond acceptors (Lipinski definition) is 4. The van der Waals surface area contributed by atoms with Crippen molar-refractivity contribution in [2.75, 3.05) is 31.3 Å². The number of benzene rings is 1. The molecular weight excluding hydrogens is 228 g/mol. The lowest BCUT2D eigenvalue weighted by Crippen LogP contribution is -2.13. The van der Waals surface area contributed by atoms with Gasteiger partial charge in [-0.15, -0.1) is 0 Å². The quantitative estimate of drug-likeness (QED) is 0.641. The summed E-state index contributed by atoms with van der Waals surface area (Å²) < 4.78 is 5.23. The molecule has 98 valence electrons. The zero-order chi connectivity index (χ0) is 13.1. The Bertz CT molecular complexity index is 439. The van der Waals surface area contributed by atoms with Gasteiger partial charge in [0.05, 0.1) is 23.5 Å². The van der Waals surface area contributed by atoms with Crippen molar-refractivity contribution in [1.82, 2.24) is 0 Å². The summed E-state index contributed by atoms with van der Waals surface area (Å²) in [5.41, 5.74) is 7.92. The van der Waals surface area contributed by atoms with Gasteiger partial charge < -0.3 is 15.4 Å². The third kappa shape index (κ3) is 3.15. The minimum atomic E-state index is -0.285. The molecule has 0 bridgehead atoms. The maximum Gasteiger partial charge on any atom is 0.338 e. The van der Waals surface area contributed by atoms with Crippen LogP contribution in [0.2, 0.25) is 0 Å². The Morgan fingerprint density at radius 3 is 2.72 bits per heavy atom. The molecule has 1 aromatic carbocycles. The number of nitrogens with zero attached hydrogens (tertiary/aromatic N) is 1. The third-order valence-corrected chi connectivity index (χ3v) is 3.20. The fourth-order valence-electron chi connectivity index (χ4n) is 1.90. The molecule has 0 aliphatic heterocycles. The lowest BCUT2D eigenvalue weighted by atomic mass is 10.1. The summed E-state index contributed by atoms with van der Waals surface area (Å²) in [5, 5.41) is 0. The van der Waals surface area contributed by atoms with Crippen LogP contribution in [0.1, 0.15) is 29.6 Å². The number of hydrogen-bond donors (Lipinski definition) is 1. The highest BCUT2D eigenvalue weighted by molar-refractivity contribution is 5.92. The topological polar surface area (TPSA) is 55.6 Å². The SMILES string of the molecule is CN(C)c1ccc(C(=O)OCCC2CC2)cc1N. The molecule has 18 heavy (non-hydrogen) atoms. The Kier molecular flexibility index (Phi) is 3.75. The lowest BCUT2D eigenvalue weighted by molar-refractivity contribution is 0.0495. The number of carbonyl (C=O) groups is 1. The lowest BCUT2D eigenvalue weighted by Gasteiger charge is -2.15. The normalized spacial score (nSPS) is 14.3. The number of rotatable bonds is 5. The summed E-state index contributed by atoms with van der Waals surface area (Å²) in [7, 11) is 3.83. The number of nitrogen functional groups attached to an aromatic ring is 1. The van der Waals surface area contributed by atoms with Crippen LogP contribution in [-0.2, 0) is 4.74 Å². The van der Waals surface area contributed by atoms with E-state index in [0.29, 0.717) is 17.9 Å². The average Bonchev–Trinajstić information content (AvgIpc) is 3.12. The molecule has 0 saturated heterocycles. The highest BCUT2D eigenvalue weighted by atomic mass is 16.5. The van der Waals surface area contributed by atoms with Gasteiger partial charge in [0.2, 0.25) is 0 Å². The summed E-state index contributed by atoms with van der Waals surface area (Å²) in [6.07, 6.45) is 3.54. The van der Waals surface area contributed by atoms with Crippen molar-refractivity contribution in [2.24, 2.45) is 5.92 Å². The molecule has 0 unspecified atom stereocenters. The summed E-state index contributed by atoms with van der Waals surface area (Å²) in [6.45, 7) is 0.513. The van der Waals surface area contributed by atoms with E-state index in [4.69, 9.17) is 10.5 Å². The maximum atomic E-state index is 11.8. The van der Waals surface area contributed by atoms with Crippen LogP contribution in [0.3, 0.4) is 0 Å². The van der Waals surface area contributed by atoms with Crippen LogP contribution in [0.5, 0.6) is 0 Å². The molecule has 0 radical (unpaired) electrons. The molecule has 0 aromatic heterocycles. The van der Waals surface area contributed by atoms with Gasteiger partial charge in [0.15, 0.2) is 0 Å². The minimum Gasteiger partial charge on any atom is -0.462 e. The monoisotopic (exact) mass is 248 g/mol. The number of anilines is 2. The summed E-state index contributed by atoms with van der Waals surface area (Å²) in [6, 6.07) is 5.27. The standard InChI is InChI=1S/C14H20N2O2/c1-16(2)13-6-5-11(9-12(13)15)14(17)18-8-7-10-3-4-10/h5-6,9-10H,3-4,7-8,15H2,1-2H3. The molecule has 1 saturated carbocycles. The largest absolute Gasteiger partial charge is 0.462 e. The Morgan fingerprint density at radius 2 is 2.17 bits per heavy atom. The first kappa shape index (κ1) is 12.7. The van der Waals surface area contributed by atoms with Crippen molar-refractivity contribution in [1.29, 1.82) is 0 Å². The molecule has 1 aliphatic carbocycles. The molecule has 0 amide bonds. The van der Waals surface area contributed by atoms with E-state index in [2.05, 4.69) is 0 Å². The van der Waals surface area contributed by atoms with Crippen LogP contribution in [0.4, 0.5) is 11.4 Å². The summed E-state index contributed by atoms with van der Waals surface area (Å²) in [5.74, 6) is 0.492. The first-order valence-electron chi connectivity index (χ1n) is 6.32. The van der Waals surface area contributed by atoms with Gasteiger partial charge in [0.25, 0.3) is 0 Å². The van der Waals surface area contributed by atoms with E-state index in [1.165, 1.54) is 12.8 Å². The minimum absolute atomic E-state index is 0.285. The first-order valence-corrected chi connectivity index (χ1v) is 6.32. The van der Waals surface area contributed by atoms with E-state index >= 15 is 0 Å². The van der Waals surface area contributed by atoms with Crippen LogP contribution in [0.15, 0.2) is 18.2 Å². The van der Waals surface area contributed by atoms with E-state index in [1.54, 1.807) is 12.1 Å². The average molecular weight is 248 g/mol. The van der Waals surface area contributed by atoms with Crippen LogP contribution in [0, 0.1) is 5.92 Å². The first-order chi connectivity index (χ1) is 8.58. The Balaban J connectivity index is 1.94. The van der Waals surface area contributed by atoms with Crippen molar-refractivity contribution in [2.45, 2.75) is 19.3 Å². The van der Waals surface area contributed by atoms with Gasteiger partial charge in [0.1, 0.15) is 0 Å². The van der Waals surface area contributed by atoms with E-state index < -0.39 is 0 Å². The molecule has 2 N–H and O–H groups in total. The second kappa shape index (κ2) is 5.29. The predicted octanol–water partition coefficient (Wildman–Crippen LogP) is 2.29. The zero-order valence-electron chi connectivity index (χ0n) is 11.0. The number of nitrogens with two attached hydrogens (primary N) is 1. The van der Waals surface area contributed by atoms with Crippen molar-refractivity contribution in [3.8, 4) is 0 Å². The molecule has 0 spiro atoms. The molecule has 0 heterocycles. The fourth-order valence-corrected chi connectivity index (χ4v) is 1.90. The van der Waals surface area contributed by atoms with Crippen molar-refractivity contribution in [3.63, 3.8) is 0 Å². The van der Waals surface area contributed by atoms with Gasteiger partial charge in [-0.1, -0.05) is 12.8 Å². The molecule has 1 aromatic rings.